The van der Waals surface area contributed by atoms with E-state index in [2.05, 4.69) is 16.6 Å². The monoisotopic (exact) mass is 418 g/mol. The highest BCUT2D eigenvalue weighted by Gasteiger charge is 2.34. The highest BCUT2D eigenvalue weighted by molar-refractivity contribution is 5.94. The number of hydrogen-bond acceptors (Lipinski definition) is 3. The number of nitrogens with one attached hydrogen (secondary N) is 1. The first-order valence-corrected chi connectivity index (χ1v) is 9.38. The van der Waals surface area contributed by atoms with E-state index in [0.29, 0.717) is 18.7 Å². The number of amides is 2. The molecule has 158 valence electrons. The Kier molecular flexibility index (Phi) is 6.44. The summed E-state index contributed by atoms with van der Waals surface area (Å²) in [5, 5.41) is 2.71. The summed E-state index contributed by atoms with van der Waals surface area (Å²) in [5.41, 5.74) is 1.38. The molecule has 1 saturated heterocycles. The molecule has 0 saturated carbocycles. The Morgan fingerprint density at radius 1 is 1.07 bits per heavy atom. The summed E-state index contributed by atoms with van der Waals surface area (Å²) in [7, 11) is 0. The van der Waals surface area contributed by atoms with Crippen LogP contribution in [-0.4, -0.2) is 36.2 Å². The van der Waals surface area contributed by atoms with Crippen LogP contribution in [0.3, 0.4) is 0 Å². The standard InChI is InChI=1S/C22H21F3N2O3/c1-2-20(28)27-13-16(15-6-4-3-5-7-15)12-17(14-27)21(29)26-18-8-10-19(11-9-18)30-22(23,24)25/h2-11,16-17H,1,12-14H2,(H,26,29)/t16-,17-/m0/s1. The van der Waals surface area contributed by atoms with E-state index in [1.165, 1.54) is 18.2 Å². The van der Waals surface area contributed by atoms with Crippen LogP contribution in [-0.2, 0) is 9.59 Å². The summed E-state index contributed by atoms with van der Waals surface area (Å²) in [6.45, 7) is 4.25. The number of carbonyl (C=O) groups is 2. The van der Waals surface area contributed by atoms with Crippen molar-refractivity contribution in [3.63, 3.8) is 0 Å². The molecule has 0 bridgehead atoms. The number of nitrogens with zero attached hydrogens (tertiary/aromatic N) is 1. The molecule has 2 amide bonds. The van der Waals surface area contributed by atoms with Crippen LogP contribution in [0.4, 0.5) is 18.9 Å². The van der Waals surface area contributed by atoms with Crippen molar-refractivity contribution in [3.8, 4) is 5.75 Å². The van der Waals surface area contributed by atoms with Crippen molar-refractivity contribution in [2.24, 2.45) is 5.92 Å². The predicted octanol–water partition coefficient (Wildman–Crippen LogP) is 4.34. The Balaban J connectivity index is 1.71. The van der Waals surface area contributed by atoms with E-state index < -0.39 is 12.3 Å². The summed E-state index contributed by atoms with van der Waals surface area (Å²) in [5.74, 6) is -1.41. The van der Waals surface area contributed by atoms with Gasteiger partial charge in [0.2, 0.25) is 11.8 Å². The van der Waals surface area contributed by atoms with E-state index >= 15 is 0 Å². The lowest BCUT2D eigenvalue weighted by Gasteiger charge is -2.37. The maximum absolute atomic E-state index is 12.8. The van der Waals surface area contributed by atoms with Crippen LogP contribution in [0.2, 0.25) is 0 Å². The number of anilines is 1. The zero-order chi connectivity index (χ0) is 21.7. The molecule has 1 heterocycles. The van der Waals surface area contributed by atoms with Crippen LogP contribution in [0.25, 0.3) is 0 Å². The van der Waals surface area contributed by atoms with Gasteiger partial charge in [-0.2, -0.15) is 0 Å². The van der Waals surface area contributed by atoms with Gasteiger partial charge < -0.3 is 15.0 Å². The van der Waals surface area contributed by atoms with Gasteiger partial charge >= 0.3 is 6.36 Å². The van der Waals surface area contributed by atoms with Gasteiger partial charge in [0.1, 0.15) is 5.75 Å². The number of rotatable bonds is 5. The lowest BCUT2D eigenvalue weighted by molar-refractivity contribution is -0.274. The molecule has 0 aliphatic carbocycles. The third-order valence-electron chi connectivity index (χ3n) is 4.93. The fraction of sp³-hybridized carbons (Fsp3) is 0.273. The number of ether oxygens (including phenoxy) is 1. The largest absolute Gasteiger partial charge is 0.573 e. The Morgan fingerprint density at radius 2 is 1.73 bits per heavy atom. The Bertz CT molecular complexity index is 898. The highest BCUT2D eigenvalue weighted by Crippen LogP contribution is 2.31. The second kappa shape index (κ2) is 9.02. The molecule has 0 unspecified atom stereocenters. The number of benzene rings is 2. The molecule has 0 radical (unpaired) electrons. The van der Waals surface area contributed by atoms with Gasteiger partial charge in [0.15, 0.2) is 0 Å². The third-order valence-corrected chi connectivity index (χ3v) is 4.93. The summed E-state index contributed by atoms with van der Waals surface area (Å²) < 4.78 is 40.6. The number of alkyl halides is 3. The Morgan fingerprint density at radius 3 is 2.33 bits per heavy atom. The normalized spacial score (nSPS) is 19.1. The van der Waals surface area contributed by atoms with Crippen molar-refractivity contribution < 1.29 is 27.5 Å². The van der Waals surface area contributed by atoms with Gasteiger partial charge in [-0.15, -0.1) is 13.2 Å². The van der Waals surface area contributed by atoms with E-state index in [1.54, 1.807) is 4.90 Å². The molecule has 30 heavy (non-hydrogen) atoms. The van der Waals surface area contributed by atoms with Crippen LogP contribution >= 0.6 is 0 Å². The fourth-order valence-electron chi connectivity index (χ4n) is 3.55. The van der Waals surface area contributed by atoms with E-state index in [0.717, 1.165) is 17.7 Å². The minimum Gasteiger partial charge on any atom is -0.406 e. The lowest BCUT2D eigenvalue weighted by atomic mass is 9.84. The third kappa shape index (κ3) is 5.62. The Labute approximate surface area is 172 Å². The van der Waals surface area contributed by atoms with Crippen molar-refractivity contribution in [1.82, 2.24) is 4.90 Å². The van der Waals surface area contributed by atoms with Crippen LogP contribution in [0.5, 0.6) is 5.75 Å². The maximum atomic E-state index is 12.8. The van der Waals surface area contributed by atoms with Gasteiger partial charge in [0.05, 0.1) is 5.92 Å². The zero-order valence-electron chi connectivity index (χ0n) is 16.1. The molecule has 2 aromatic carbocycles. The molecule has 1 N–H and O–H groups in total. The minimum atomic E-state index is -4.78. The molecule has 1 fully saturated rings. The molecule has 1 aliphatic rings. The van der Waals surface area contributed by atoms with Gasteiger partial charge in [-0.25, -0.2) is 0 Å². The van der Waals surface area contributed by atoms with Gasteiger partial charge in [-0.1, -0.05) is 36.9 Å². The molecule has 0 aromatic heterocycles. The second-order valence-corrected chi connectivity index (χ2v) is 7.05. The van der Waals surface area contributed by atoms with Crippen molar-refractivity contribution in [2.75, 3.05) is 18.4 Å². The first-order valence-electron chi connectivity index (χ1n) is 9.38. The van der Waals surface area contributed by atoms with Crippen LogP contribution in [0, 0.1) is 5.92 Å². The van der Waals surface area contributed by atoms with Crippen molar-refractivity contribution in [3.05, 3.63) is 72.8 Å². The number of piperidine rings is 1. The number of hydrogen-bond donors (Lipinski definition) is 1. The van der Waals surface area contributed by atoms with Crippen LogP contribution in [0.15, 0.2) is 67.3 Å². The lowest BCUT2D eigenvalue weighted by Crippen LogP contribution is -2.46. The first-order chi connectivity index (χ1) is 14.2. The van der Waals surface area contributed by atoms with Gasteiger partial charge in [0, 0.05) is 24.7 Å². The summed E-state index contributed by atoms with van der Waals surface area (Å²) in [6, 6.07) is 14.6. The molecular weight excluding hydrogens is 397 g/mol. The second-order valence-electron chi connectivity index (χ2n) is 7.05. The summed E-state index contributed by atoms with van der Waals surface area (Å²) in [4.78, 5) is 26.6. The van der Waals surface area contributed by atoms with Gasteiger partial charge in [-0.05, 0) is 42.3 Å². The molecule has 1 aliphatic heterocycles. The number of halogens is 3. The molecule has 5 nitrogen and oxygen atoms in total. The molecule has 2 aromatic rings. The van der Waals surface area contributed by atoms with Crippen molar-refractivity contribution in [2.45, 2.75) is 18.7 Å². The van der Waals surface area contributed by atoms with Crippen molar-refractivity contribution in [1.29, 1.82) is 0 Å². The predicted molar refractivity (Wildman–Crippen MR) is 106 cm³/mol. The molecule has 3 rings (SSSR count). The maximum Gasteiger partial charge on any atom is 0.573 e. The molecule has 2 atom stereocenters. The fourth-order valence-corrected chi connectivity index (χ4v) is 3.55. The highest BCUT2D eigenvalue weighted by atomic mass is 19.4. The zero-order valence-corrected chi connectivity index (χ0v) is 16.1. The van der Waals surface area contributed by atoms with E-state index in [1.807, 2.05) is 30.3 Å². The smallest absolute Gasteiger partial charge is 0.406 e. The molecule has 8 heteroatoms. The van der Waals surface area contributed by atoms with Crippen LogP contribution < -0.4 is 10.1 Å². The van der Waals surface area contributed by atoms with Gasteiger partial charge in [0.25, 0.3) is 0 Å². The van der Waals surface area contributed by atoms with Crippen molar-refractivity contribution >= 4 is 17.5 Å². The molecular formula is C22H21F3N2O3. The summed E-state index contributed by atoms with van der Waals surface area (Å²) >= 11 is 0. The van der Waals surface area contributed by atoms with Gasteiger partial charge in [-0.3, -0.25) is 9.59 Å². The summed E-state index contributed by atoms with van der Waals surface area (Å²) in [6.07, 6.45) is -3.01. The van der Waals surface area contributed by atoms with E-state index in [9.17, 15) is 22.8 Å². The van der Waals surface area contributed by atoms with E-state index in [4.69, 9.17) is 0 Å². The topological polar surface area (TPSA) is 58.6 Å². The first kappa shape index (κ1) is 21.4. The minimum absolute atomic E-state index is 0.0119. The average Bonchev–Trinajstić information content (AvgIpc) is 2.73. The molecule has 0 spiro atoms. The van der Waals surface area contributed by atoms with Crippen LogP contribution in [0.1, 0.15) is 17.9 Å². The Hall–Kier alpha value is -3.29. The SMILES string of the molecule is C=CC(=O)N1C[C@@H](C(=O)Nc2ccc(OC(F)(F)F)cc2)C[C@H](c2ccccc2)C1. The average molecular weight is 418 g/mol. The van der Waals surface area contributed by atoms with E-state index in [-0.39, 0.29) is 30.0 Å². The quantitative estimate of drug-likeness (QED) is 0.735. The number of carbonyl (C=O) groups excluding carboxylic acids is 2. The number of likely N-dealkylation sites (tertiary alicyclic amines) is 1.